The molecular formula is C15H29NO. The third-order valence-corrected chi connectivity index (χ3v) is 4.58. The largest absolute Gasteiger partial charge is 0.381 e. The lowest BCUT2D eigenvalue weighted by Crippen LogP contribution is -2.37. The molecule has 1 saturated carbocycles. The maximum Gasteiger partial charge on any atom is 0.0469 e. The molecular weight excluding hydrogens is 210 g/mol. The summed E-state index contributed by atoms with van der Waals surface area (Å²) in [5.74, 6) is 1.90. The van der Waals surface area contributed by atoms with E-state index in [2.05, 4.69) is 12.2 Å². The van der Waals surface area contributed by atoms with Gasteiger partial charge in [-0.15, -0.1) is 0 Å². The maximum atomic E-state index is 5.40. The Kier molecular flexibility index (Phi) is 5.79. The van der Waals surface area contributed by atoms with Crippen LogP contribution in [0.25, 0.3) is 0 Å². The summed E-state index contributed by atoms with van der Waals surface area (Å²) >= 11 is 0. The second-order valence-corrected chi connectivity index (χ2v) is 5.97. The van der Waals surface area contributed by atoms with Crippen LogP contribution in [0.2, 0.25) is 0 Å². The monoisotopic (exact) mass is 239 g/mol. The fraction of sp³-hybridized carbons (Fsp3) is 1.00. The highest BCUT2D eigenvalue weighted by atomic mass is 16.5. The van der Waals surface area contributed by atoms with E-state index in [0.29, 0.717) is 0 Å². The van der Waals surface area contributed by atoms with E-state index in [9.17, 15) is 0 Å². The maximum absolute atomic E-state index is 5.40. The molecule has 0 amide bonds. The summed E-state index contributed by atoms with van der Waals surface area (Å²) in [5, 5.41) is 3.80. The lowest BCUT2D eigenvalue weighted by Gasteiger charge is -2.31. The molecule has 1 aliphatic heterocycles. The lowest BCUT2D eigenvalue weighted by molar-refractivity contribution is 0.0647. The van der Waals surface area contributed by atoms with Gasteiger partial charge in [-0.25, -0.2) is 0 Å². The normalized spacial score (nSPS) is 31.6. The summed E-state index contributed by atoms with van der Waals surface area (Å²) in [7, 11) is 0. The van der Waals surface area contributed by atoms with Crippen LogP contribution in [-0.2, 0) is 4.74 Å². The van der Waals surface area contributed by atoms with Gasteiger partial charge < -0.3 is 10.1 Å². The van der Waals surface area contributed by atoms with E-state index in [0.717, 1.165) is 31.1 Å². The van der Waals surface area contributed by atoms with Gasteiger partial charge in [-0.05, 0) is 56.9 Å². The van der Waals surface area contributed by atoms with Crippen molar-refractivity contribution in [3.05, 3.63) is 0 Å². The first-order chi connectivity index (χ1) is 8.38. The molecule has 0 unspecified atom stereocenters. The van der Waals surface area contributed by atoms with E-state index in [1.807, 2.05) is 0 Å². The van der Waals surface area contributed by atoms with Crippen LogP contribution in [0.5, 0.6) is 0 Å². The molecule has 100 valence electrons. The molecule has 1 N–H and O–H groups in total. The van der Waals surface area contributed by atoms with Crippen molar-refractivity contribution in [2.24, 2.45) is 11.8 Å². The van der Waals surface area contributed by atoms with E-state index >= 15 is 0 Å². The molecule has 17 heavy (non-hydrogen) atoms. The molecule has 2 aliphatic rings. The second kappa shape index (κ2) is 7.38. The third kappa shape index (κ3) is 4.59. The molecule has 0 atom stereocenters. The molecule has 0 radical (unpaired) electrons. The third-order valence-electron chi connectivity index (χ3n) is 4.58. The van der Waals surface area contributed by atoms with E-state index < -0.39 is 0 Å². The summed E-state index contributed by atoms with van der Waals surface area (Å²) in [4.78, 5) is 0. The molecule has 1 heterocycles. The molecule has 0 bridgehead atoms. The fourth-order valence-electron chi connectivity index (χ4n) is 3.35. The molecule has 2 nitrogen and oxygen atoms in total. The minimum Gasteiger partial charge on any atom is -0.381 e. The number of ether oxygens (including phenoxy) is 1. The van der Waals surface area contributed by atoms with Crippen LogP contribution in [0, 0.1) is 11.8 Å². The van der Waals surface area contributed by atoms with Gasteiger partial charge in [0.15, 0.2) is 0 Å². The van der Waals surface area contributed by atoms with Gasteiger partial charge in [0.05, 0.1) is 0 Å². The highest BCUT2D eigenvalue weighted by Crippen LogP contribution is 2.28. The van der Waals surface area contributed by atoms with Crippen molar-refractivity contribution in [1.82, 2.24) is 5.32 Å². The Morgan fingerprint density at radius 3 is 2.29 bits per heavy atom. The Hall–Kier alpha value is -0.0800. The van der Waals surface area contributed by atoms with Gasteiger partial charge in [0.1, 0.15) is 0 Å². The first kappa shape index (κ1) is 13.4. The summed E-state index contributed by atoms with van der Waals surface area (Å²) in [6.07, 6.45) is 11.1. The van der Waals surface area contributed by atoms with Crippen LogP contribution in [0.1, 0.15) is 58.3 Å². The zero-order valence-corrected chi connectivity index (χ0v) is 11.4. The molecule has 2 fully saturated rings. The van der Waals surface area contributed by atoms with Crippen LogP contribution >= 0.6 is 0 Å². The van der Waals surface area contributed by atoms with Gasteiger partial charge in [-0.1, -0.05) is 19.8 Å². The molecule has 2 heteroatoms. The van der Waals surface area contributed by atoms with Gasteiger partial charge in [0.25, 0.3) is 0 Å². The van der Waals surface area contributed by atoms with Gasteiger partial charge >= 0.3 is 0 Å². The van der Waals surface area contributed by atoms with E-state index in [1.54, 1.807) is 0 Å². The number of hydrogen-bond acceptors (Lipinski definition) is 2. The van der Waals surface area contributed by atoms with Crippen LogP contribution in [0.3, 0.4) is 0 Å². The summed E-state index contributed by atoms with van der Waals surface area (Å²) < 4.78 is 5.40. The summed E-state index contributed by atoms with van der Waals surface area (Å²) in [6, 6.07) is 0.811. The average molecular weight is 239 g/mol. The molecule has 0 aromatic carbocycles. The Bertz CT molecular complexity index is 193. The van der Waals surface area contributed by atoms with Gasteiger partial charge in [0, 0.05) is 19.3 Å². The predicted molar refractivity (Wildman–Crippen MR) is 72.2 cm³/mol. The van der Waals surface area contributed by atoms with Crippen molar-refractivity contribution in [1.29, 1.82) is 0 Å². The van der Waals surface area contributed by atoms with E-state index in [1.165, 1.54) is 57.9 Å². The van der Waals surface area contributed by atoms with Crippen molar-refractivity contribution in [2.45, 2.75) is 64.3 Å². The van der Waals surface area contributed by atoms with E-state index in [4.69, 9.17) is 4.74 Å². The second-order valence-electron chi connectivity index (χ2n) is 5.97. The number of rotatable bonds is 5. The zero-order chi connectivity index (χ0) is 11.9. The van der Waals surface area contributed by atoms with Gasteiger partial charge in [-0.2, -0.15) is 0 Å². The predicted octanol–water partition coefficient (Wildman–Crippen LogP) is 3.36. The van der Waals surface area contributed by atoms with E-state index in [-0.39, 0.29) is 0 Å². The standard InChI is InChI=1S/C15H29NO/c1-2-3-13-4-6-15(7-5-13)16-12-14-8-10-17-11-9-14/h13-16H,2-12H2,1H3. The van der Waals surface area contributed by atoms with Crippen LogP contribution in [0.15, 0.2) is 0 Å². The van der Waals surface area contributed by atoms with Crippen molar-refractivity contribution < 1.29 is 4.74 Å². The molecule has 1 saturated heterocycles. The molecule has 2 rings (SSSR count). The topological polar surface area (TPSA) is 21.3 Å². The smallest absolute Gasteiger partial charge is 0.0469 e. The first-order valence-electron chi connectivity index (χ1n) is 7.69. The SMILES string of the molecule is CCCC1CCC(NCC2CCOCC2)CC1. The Balaban J connectivity index is 1.57. The van der Waals surface area contributed by atoms with Gasteiger partial charge in [0.2, 0.25) is 0 Å². The van der Waals surface area contributed by atoms with Crippen LogP contribution < -0.4 is 5.32 Å². The molecule has 0 spiro atoms. The highest BCUT2D eigenvalue weighted by molar-refractivity contribution is 4.78. The highest BCUT2D eigenvalue weighted by Gasteiger charge is 2.21. The first-order valence-corrected chi connectivity index (χ1v) is 7.69. The molecule has 0 aromatic rings. The van der Waals surface area contributed by atoms with Crippen molar-refractivity contribution >= 4 is 0 Å². The Morgan fingerprint density at radius 2 is 1.65 bits per heavy atom. The van der Waals surface area contributed by atoms with Crippen LogP contribution in [0.4, 0.5) is 0 Å². The number of hydrogen-bond donors (Lipinski definition) is 1. The Labute approximate surface area is 107 Å². The lowest BCUT2D eigenvalue weighted by atomic mass is 9.83. The van der Waals surface area contributed by atoms with Crippen molar-refractivity contribution in [3.63, 3.8) is 0 Å². The zero-order valence-electron chi connectivity index (χ0n) is 11.4. The molecule has 1 aliphatic carbocycles. The van der Waals surface area contributed by atoms with Crippen molar-refractivity contribution in [3.8, 4) is 0 Å². The summed E-state index contributed by atoms with van der Waals surface area (Å²) in [6.45, 7) is 5.51. The quantitative estimate of drug-likeness (QED) is 0.794. The van der Waals surface area contributed by atoms with Crippen molar-refractivity contribution in [2.75, 3.05) is 19.8 Å². The van der Waals surface area contributed by atoms with Gasteiger partial charge in [-0.3, -0.25) is 0 Å². The molecule has 0 aromatic heterocycles. The Morgan fingerprint density at radius 1 is 0.941 bits per heavy atom. The number of nitrogens with one attached hydrogen (secondary N) is 1. The average Bonchev–Trinajstić information content (AvgIpc) is 2.40. The fourth-order valence-corrected chi connectivity index (χ4v) is 3.35. The minimum absolute atomic E-state index is 0.811. The van der Waals surface area contributed by atoms with Crippen LogP contribution in [-0.4, -0.2) is 25.8 Å². The summed E-state index contributed by atoms with van der Waals surface area (Å²) in [5.41, 5.74) is 0. The minimum atomic E-state index is 0.811.